The maximum absolute atomic E-state index is 13.2. The van der Waals surface area contributed by atoms with Crippen molar-refractivity contribution in [1.82, 2.24) is 10.2 Å². The standard InChI is InChI=1S/C20H23ClFN3S/c21-19-14-18(22)7-6-17(19)15-24-10-12-25(13-11-24)20(26)23-9-8-16-4-2-1-3-5-16/h1-7,14H,8-13,15H2,(H,23,26)/p+1. The summed E-state index contributed by atoms with van der Waals surface area (Å²) in [4.78, 5) is 3.68. The summed E-state index contributed by atoms with van der Waals surface area (Å²) in [6, 6.07) is 15.1. The van der Waals surface area contributed by atoms with Crippen LogP contribution in [-0.4, -0.2) is 42.7 Å². The van der Waals surface area contributed by atoms with Crippen molar-refractivity contribution >= 4 is 28.9 Å². The van der Waals surface area contributed by atoms with Crippen LogP contribution in [0.4, 0.5) is 4.39 Å². The van der Waals surface area contributed by atoms with Crippen LogP contribution in [0.15, 0.2) is 48.5 Å². The Morgan fingerprint density at radius 2 is 1.88 bits per heavy atom. The van der Waals surface area contributed by atoms with E-state index in [9.17, 15) is 4.39 Å². The van der Waals surface area contributed by atoms with Crippen molar-refractivity contribution in [3.63, 3.8) is 0 Å². The van der Waals surface area contributed by atoms with Crippen molar-refractivity contribution in [2.45, 2.75) is 13.0 Å². The summed E-state index contributed by atoms with van der Waals surface area (Å²) in [5, 5.41) is 4.71. The summed E-state index contributed by atoms with van der Waals surface area (Å²) in [5.74, 6) is -0.287. The lowest BCUT2D eigenvalue weighted by molar-refractivity contribution is -0.917. The van der Waals surface area contributed by atoms with E-state index in [1.165, 1.54) is 22.6 Å². The number of thiocarbonyl (C=S) groups is 1. The highest BCUT2D eigenvalue weighted by molar-refractivity contribution is 7.80. The van der Waals surface area contributed by atoms with Gasteiger partial charge in [-0.25, -0.2) is 4.39 Å². The van der Waals surface area contributed by atoms with Crippen LogP contribution in [0.25, 0.3) is 0 Å². The molecule has 0 atom stereocenters. The fourth-order valence-electron chi connectivity index (χ4n) is 3.21. The minimum atomic E-state index is -0.287. The number of hydrogen-bond donors (Lipinski definition) is 2. The molecule has 6 heteroatoms. The average molecular weight is 393 g/mol. The number of nitrogens with one attached hydrogen (secondary N) is 2. The normalized spacial score (nSPS) is 15.1. The van der Waals surface area contributed by atoms with E-state index in [2.05, 4.69) is 34.5 Å². The first kappa shape index (κ1) is 19.1. The molecule has 0 amide bonds. The predicted molar refractivity (Wildman–Crippen MR) is 108 cm³/mol. The maximum Gasteiger partial charge on any atom is 0.169 e. The van der Waals surface area contributed by atoms with Crippen molar-refractivity contribution in [3.8, 4) is 0 Å². The van der Waals surface area contributed by atoms with Gasteiger partial charge in [-0.1, -0.05) is 41.9 Å². The molecule has 1 saturated heterocycles. The molecule has 0 saturated carbocycles. The zero-order valence-corrected chi connectivity index (χ0v) is 16.3. The fraction of sp³-hybridized carbons (Fsp3) is 0.350. The molecular formula is C20H24ClFN3S+. The molecule has 0 spiro atoms. The quantitative estimate of drug-likeness (QED) is 0.762. The summed E-state index contributed by atoms with van der Waals surface area (Å²) in [6.45, 7) is 5.50. The Bertz CT molecular complexity index is 733. The predicted octanol–water partition coefficient (Wildman–Crippen LogP) is 2.30. The minimum Gasteiger partial charge on any atom is -0.362 e. The molecule has 0 unspecified atom stereocenters. The molecule has 3 rings (SSSR count). The maximum atomic E-state index is 13.2. The molecule has 26 heavy (non-hydrogen) atoms. The summed E-state index contributed by atoms with van der Waals surface area (Å²) in [5.41, 5.74) is 2.31. The van der Waals surface area contributed by atoms with Gasteiger partial charge in [0, 0.05) is 12.1 Å². The van der Waals surface area contributed by atoms with E-state index in [-0.39, 0.29) is 5.82 Å². The lowest BCUT2D eigenvalue weighted by Crippen LogP contribution is -3.13. The van der Waals surface area contributed by atoms with Crippen molar-refractivity contribution < 1.29 is 9.29 Å². The second kappa shape index (κ2) is 9.31. The number of quaternary nitrogens is 1. The van der Waals surface area contributed by atoms with Gasteiger partial charge in [0.1, 0.15) is 12.4 Å². The van der Waals surface area contributed by atoms with E-state index in [0.29, 0.717) is 5.02 Å². The molecule has 0 aromatic heterocycles. The first-order chi connectivity index (χ1) is 12.6. The minimum absolute atomic E-state index is 0.287. The van der Waals surface area contributed by atoms with Crippen LogP contribution in [0, 0.1) is 5.82 Å². The van der Waals surface area contributed by atoms with E-state index in [0.717, 1.165) is 56.4 Å². The van der Waals surface area contributed by atoms with Gasteiger partial charge in [-0.2, -0.15) is 0 Å². The number of piperazine rings is 1. The summed E-state index contributed by atoms with van der Waals surface area (Å²) < 4.78 is 13.2. The first-order valence-electron chi connectivity index (χ1n) is 8.96. The number of rotatable bonds is 5. The number of halogens is 2. The van der Waals surface area contributed by atoms with Gasteiger partial charge in [-0.05, 0) is 42.4 Å². The Balaban J connectivity index is 1.40. The first-order valence-corrected chi connectivity index (χ1v) is 9.74. The van der Waals surface area contributed by atoms with Gasteiger partial charge in [-0.15, -0.1) is 0 Å². The Kier molecular flexibility index (Phi) is 6.83. The van der Waals surface area contributed by atoms with E-state index in [4.69, 9.17) is 23.8 Å². The van der Waals surface area contributed by atoms with Gasteiger partial charge in [0.15, 0.2) is 5.11 Å². The smallest absolute Gasteiger partial charge is 0.169 e. The lowest BCUT2D eigenvalue weighted by atomic mass is 10.1. The highest BCUT2D eigenvalue weighted by Gasteiger charge is 2.22. The van der Waals surface area contributed by atoms with Gasteiger partial charge in [0.2, 0.25) is 0 Å². The Morgan fingerprint density at radius 1 is 1.15 bits per heavy atom. The molecule has 0 aliphatic carbocycles. The Morgan fingerprint density at radius 3 is 2.58 bits per heavy atom. The molecule has 1 aliphatic rings. The monoisotopic (exact) mass is 392 g/mol. The molecule has 2 aromatic carbocycles. The third kappa shape index (κ3) is 5.40. The van der Waals surface area contributed by atoms with Gasteiger partial charge < -0.3 is 15.1 Å². The zero-order valence-electron chi connectivity index (χ0n) is 14.7. The number of hydrogen-bond acceptors (Lipinski definition) is 1. The molecule has 0 radical (unpaired) electrons. The van der Waals surface area contributed by atoms with E-state index in [1.807, 2.05) is 6.07 Å². The zero-order chi connectivity index (χ0) is 18.4. The molecular weight excluding hydrogens is 369 g/mol. The van der Waals surface area contributed by atoms with Crippen molar-refractivity contribution in [1.29, 1.82) is 0 Å². The second-order valence-electron chi connectivity index (χ2n) is 6.62. The van der Waals surface area contributed by atoms with Crippen molar-refractivity contribution in [2.24, 2.45) is 0 Å². The highest BCUT2D eigenvalue weighted by atomic mass is 35.5. The van der Waals surface area contributed by atoms with Gasteiger partial charge in [-0.3, -0.25) is 0 Å². The highest BCUT2D eigenvalue weighted by Crippen LogP contribution is 2.16. The van der Waals surface area contributed by atoms with Crippen LogP contribution in [0.1, 0.15) is 11.1 Å². The fourth-order valence-corrected chi connectivity index (χ4v) is 3.73. The van der Waals surface area contributed by atoms with Crippen LogP contribution in [0.2, 0.25) is 5.02 Å². The third-order valence-electron chi connectivity index (χ3n) is 4.75. The molecule has 1 heterocycles. The topological polar surface area (TPSA) is 19.7 Å². The summed E-state index contributed by atoms with van der Waals surface area (Å²) >= 11 is 11.7. The largest absolute Gasteiger partial charge is 0.362 e. The van der Waals surface area contributed by atoms with E-state index in [1.54, 1.807) is 6.07 Å². The second-order valence-corrected chi connectivity index (χ2v) is 7.41. The van der Waals surface area contributed by atoms with Gasteiger partial charge >= 0.3 is 0 Å². The molecule has 2 N–H and O–H groups in total. The molecule has 1 aliphatic heterocycles. The number of nitrogens with zero attached hydrogens (tertiary/aromatic N) is 1. The molecule has 2 aromatic rings. The van der Waals surface area contributed by atoms with Crippen molar-refractivity contribution in [3.05, 3.63) is 70.5 Å². The Labute approximate surface area is 164 Å². The molecule has 1 fully saturated rings. The van der Waals surface area contributed by atoms with Crippen LogP contribution >= 0.6 is 23.8 Å². The third-order valence-corrected chi connectivity index (χ3v) is 5.50. The van der Waals surface area contributed by atoms with Crippen molar-refractivity contribution in [2.75, 3.05) is 32.7 Å². The average Bonchev–Trinajstić information content (AvgIpc) is 2.65. The van der Waals surface area contributed by atoms with E-state index < -0.39 is 0 Å². The van der Waals surface area contributed by atoms with Crippen LogP contribution in [0.5, 0.6) is 0 Å². The SMILES string of the molecule is Fc1ccc(C[NH+]2CCN(C(=S)NCCc3ccccc3)CC2)c(Cl)c1. The van der Waals surface area contributed by atoms with Gasteiger partial charge in [0.25, 0.3) is 0 Å². The van der Waals surface area contributed by atoms with Gasteiger partial charge in [0.05, 0.1) is 31.2 Å². The van der Waals surface area contributed by atoms with Crippen LogP contribution in [0.3, 0.4) is 0 Å². The lowest BCUT2D eigenvalue weighted by Gasteiger charge is -2.34. The molecule has 138 valence electrons. The van der Waals surface area contributed by atoms with Crippen LogP contribution in [-0.2, 0) is 13.0 Å². The Hall–Kier alpha value is -1.69. The summed E-state index contributed by atoms with van der Waals surface area (Å²) in [6.07, 6.45) is 0.968. The number of benzene rings is 2. The van der Waals surface area contributed by atoms with Crippen LogP contribution < -0.4 is 10.2 Å². The van der Waals surface area contributed by atoms with E-state index >= 15 is 0 Å². The molecule has 0 bridgehead atoms. The summed E-state index contributed by atoms with van der Waals surface area (Å²) in [7, 11) is 0. The molecule has 3 nitrogen and oxygen atoms in total.